The zero-order valence-corrected chi connectivity index (χ0v) is 8.97. The minimum atomic E-state index is 0.393. The van der Waals surface area contributed by atoms with Gasteiger partial charge in [-0.15, -0.1) is 0 Å². The SMILES string of the molecule is CCCOc1nc2cccnc2cc1C#N. The molecule has 0 atom stereocenters. The van der Waals surface area contributed by atoms with E-state index < -0.39 is 0 Å². The summed E-state index contributed by atoms with van der Waals surface area (Å²) in [6, 6.07) is 7.43. The first-order valence-corrected chi connectivity index (χ1v) is 5.14. The molecule has 4 nitrogen and oxygen atoms in total. The number of nitrogens with zero attached hydrogens (tertiary/aromatic N) is 3. The van der Waals surface area contributed by atoms with Crippen LogP contribution in [0.2, 0.25) is 0 Å². The van der Waals surface area contributed by atoms with Crippen LogP contribution in [-0.4, -0.2) is 16.6 Å². The smallest absolute Gasteiger partial charge is 0.232 e. The van der Waals surface area contributed by atoms with Crippen LogP contribution < -0.4 is 4.74 Å². The first kappa shape index (κ1) is 10.4. The van der Waals surface area contributed by atoms with E-state index in [9.17, 15) is 0 Å². The lowest BCUT2D eigenvalue weighted by molar-refractivity contribution is 0.305. The van der Waals surface area contributed by atoms with Crippen molar-refractivity contribution >= 4 is 11.0 Å². The third kappa shape index (κ3) is 1.94. The van der Waals surface area contributed by atoms with E-state index in [-0.39, 0.29) is 0 Å². The third-order valence-corrected chi connectivity index (χ3v) is 2.11. The molecule has 80 valence electrons. The van der Waals surface area contributed by atoms with Gasteiger partial charge in [-0.3, -0.25) is 4.98 Å². The molecule has 2 aromatic rings. The number of hydrogen-bond acceptors (Lipinski definition) is 4. The van der Waals surface area contributed by atoms with E-state index in [0.717, 1.165) is 11.9 Å². The number of ether oxygens (including phenoxy) is 1. The molecule has 0 aromatic carbocycles. The molecule has 0 spiro atoms. The third-order valence-electron chi connectivity index (χ3n) is 2.11. The van der Waals surface area contributed by atoms with Gasteiger partial charge in [0.25, 0.3) is 0 Å². The molecule has 0 N–H and O–H groups in total. The lowest BCUT2D eigenvalue weighted by atomic mass is 10.2. The van der Waals surface area contributed by atoms with Crippen molar-refractivity contribution in [3.8, 4) is 11.9 Å². The molecular weight excluding hydrogens is 202 g/mol. The molecule has 2 heterocycles. The molecule has 0 bridgehead atoms. The Kier molecular flexibility index (Phi) is 2.97. The van der Waals surface area contributed by atoms with Gasteiger partial charge in [-0.2, -0.15) is 5.26 Å². The monoisotopic (exact) mass is 213 g/mol. The molecular formula is C12H11N3O. The van der Waals surface area contributed by atoms with Crippen molar-refractivity contribution in [3.63, 3.8) is 0 Å². The number of rotatable bonds is 3. The Morgan fingerprint density at radius 2 is 2.31 bits per heavy atom. The molecule has 0 unspecified atom stereocenters. The Morgan fingerprint density at radius 3 is 3.06 bits per heavy atom. The summed E-state index contributed by atoms with van der Waals surface area (Å²) in [5, 5.41) is 8.98. The highest BCUT2D eigenvalue weighted by Gasteiger charge is 2.07. The minimum Gasteiger partial charge on any atom is -0.477 e. The molecule has 2 aromatic heterocycles. The maximum atomic E-state index is 8.98. The fourth-order valence-corrected chi connectivity index (χ4v) is 1.37. The van der Waals surface area contributed by atoms with E-state index in [0.29, 0.717) is 23.6 Å². The van der Waals surface area contributed by atoms with Crippen molar-refractivity contribution in [2.45, 2.75) is 13.3 Å². The summed E-state index contributed by atoms with van der Waals surface area (Å²) in [4.78, 5) is 8.42. The number of aromatic nitrogens is 2. The lowest BCUT2D eigenvalue weighted by Gasteiger charge is -2.06. The molecule has 0 radical (unpaired) electrons. The molecule has 0 aliphatic rings. The van der Waals surface area contributed by atoms with Gasteiger partial charge < -0.3 is 4.74 Å². The molecule has 0 saturated carbocycles. The number of fused-ring (bicyclic) bond motifs is 1. The van der Waals surface area contributed by atoms with Crippen molar-refractivity contribution in [1.29, 1.82) is 5.26 Å². The molecule has 0 saturated heterocycles. The first-order chi connectivity index (χ1) is 7.85. The molecule has 0 fully saturated rings. The maximum absolute atomic E-state index is 8.98. The predicted molar refractivity (Wildman–Crippen MR) is 60.0 cm³/mol. The van der Waals surface area contributed by atoms with Crippen LogP contribution in [-0.2, 0) is 0 Å². The number of nitriles is 1. The topological polar surface area (TPSA) is 58.8 Å². The van der Waals surface area contributed by atoms with Crippen molar-refractivity contribution in [2.24, 2.45) is 0 Å². The van der Waals surface area contributed by atoms with Gasteiger partial charge in [-0.05, 0) is 24.6 Å². The van der Waals surface area contributed by atoms with Gasteiger partial charge in [-0.25, -0.2) is 4.98 Å². The second-order valence-electron chi connectivity index (χ2n) is 3.34. The van der Waals surface area contributed by atoms with Crippen molar-refractivity contribution < 1.29 is 4.74 Å². The Balaban J connectivity index is 2.50. The van der Waals surface area contributed by atoms with Crippen molar-refractivity contribution in [3.05, 3.63) is 30.0 Å². The van der Waals surface area contributed by atoms with Crippen LogP contribution in [0, 0.1) is 11.3 Å². The average molecular weight is 213 g/mol. The Hall–Kier alpha value is -2.15. The van der Waals surface area contributed by atoms with E-state index in [1.165, 1.54) is 0 Å². The first-order valence-electron chi connectivity index (χ1n) is 5.14. The summed E-state index contributed by atoms with van der Waals surface area (Å²) in [5.41, 5.74) is 1.88. The van der Waals surface area contributed by atoms with E-state index in [2.05, 4.69) is 16.0 Å². The van der Waals surface area contributed by atoms with Gasteiger partial charge in [0, 0.05) is 6.20 Å². The standard InChI is InChI=1S/C12H11N3O/c1-2-6-16-12-9(8-13)7-11-10(15-12)4-3-5-14-11/h3-5,7H,2,6H2,1H3. The van der Waals surface area contributed by atoms with Gasteiger partial charge in [0.2, 0.25) is 5.88 Å². The zero-order chi connectivity index (χ0) is 11.4. The highest BCUT2D eigenvalue weighted by Crippen LogP contribution is 2.20. The molecule has 0 amide bonds. The molecule has 2 rings (SSSR count). The summed E-state index contributed by atoms with van der Waals surface area (Å²) in [6.07, 6.45) is 2.56. The van der Waals surface area contributed by atoms with E-state index in [4.69, 9.17) is 10.00 Å². The van der Waals surface area contributed by atoms with Crippen LogP contribution >= 0.6 is 0 Å². The summed E-state index contributed by atoms with van der Waals surface area (Å²) in [6.45, 7) is 2.57. The van der Waals surface area contributed by atoms with Crippen LogP contribution in [0.15, 0.2) is 24.4 Å². The summed E-state index contributed by atoms with van der Waals surface area (Å²) >= 11 is 0. The van der Waals surface area contributed by atoms with Gasteiger partial charge in [0.1, 0.15) is 11.6 Å². The highest BCUT2D eigenvalue weighted by atomic mass is 16.5. The van der Waals surface area contributed by atoms with Gasteiger partial charge in [-0.1, -0.05) is 6.92 Å². The Labute approximate surface area is 93.5 Å². The summed E-state index contributed by atoms with van der Waals surface area (Å²) in [7, 11) is 0. The number of hydrogen-bond donors (Lipinski definition) is 0. The maximum Gasteiger partial charge on any atom is 0.232 e. The lowest BCUT2D eigenvalue weighted by Crippen LogP contribution is -2.00. The van der Waals surface area contributed by atoms with Crippen molar-refractivity contribution in [2.75, 3.05) is 6.61 Å². The minimum absolute atomic E-state index is 0.393. The van der Waals surface area contributed by atoms with Gasteiger partial charge in [0.05, 0.1) is 17.6 Å². The zero-order valence-electron chi connectivity index (χ0n) is 8.97. The second-order valence-corrected chi connectivity index (χ2v) is 3.34. The van der Waals surface area contributed by atoms with Crippen LogP contribution in [0.4, 0.5) is 0 Å². The molecule has 16 heavy (non-hydrogen) atoms. The van der Waals surface area contributed by atoms with Crippen LogP contribution in [0.25, 0.3) is 11.0 Å². The fraction of sp³-hybridized carbons (Fsp3) is 0.250. The molecule has 4 heteroatoms. The largest absolute Gasteiger partial charge is 0.477 e. The molecule has 0 aliphatic heterocycles. The predicted octanol–water partition coefficient (Wildman–Crippen LogP) is 2.29. The van der Waals surface area contributed by atoms with Crippen LogP contribution in [0.5, 0.6) is 5.88 Å². The van der Waals surface area contributed by atoms with E-state index in [1.54, 1.807) is 12.3 Å². The van der Waals surface area contributed by atoms with E-state index in [1.807, 2.05) is 19.1 Å². The summed E-state index contributed by atoms with van der Waals surface area (Å²) < 4.78 is 5.42. The average Bonchev–Trinajstić information content (AvgIpc) is 2.35. The van der Waals surface area contributed by atoms with E-state index >= 15 is 0 Å². The summed E-state index contributed by atoms with van der Waals surface area (Å²) in [5.74, 6) is 0.393. The second kappa shape index (κ2) is 4.58. The van der Waals surface area contributed by atoms with Crippen LogP contribution in [0.1, 0.15) is 18.9 Å². The molecule has 0 aliphatic carbocycles. The fourth-order valence-electron chi connectivity index (χ4n) is 1.37. The highest BCUT2D eigenvalue weighted by molar-refractivity contribution is 5.76. The quantitative estimate of drug-likeness (QED) is 0.784. The Bertz CT molecular complexity index is 545. The normalized spacial score (nSPS) is 10.0. The van der Waals surface area contributed by atoms with Crippen LogP contribution in [0.3, 0.4) is 0 Å². The number of pyridine rings is 2. The Morgan fingerprint density at radius 1 is 1.44 bits per heavy atom. The van der Waals surface area contributed by atoms with Gasteiger partial charge >= 0.3 is 0 Å². The van der Waals surface area contributed by atoms with Gasteiger partial charge in [0.15, 0.2) is 0 Å². The van der Waals surface area contributed by atoms with Crippen molar-refractivity contribution in [1.82, 2.24) is 9.97 Å².